The second kappa shape index (κ2) is 6.38. The molecule has 0 nitrogen and oxygen atoms in total. The van der Waals surface area contributed by atoms with Crippen LogP contribution in [0.25, 0.3) is 0 Å². The Morgan fingerprint density at radius 2 is 1.47 bits per heavy atom. The van der Waals surface area contributed by atoms with Crippen molar-refractivity contribution >= 4 is 47.9 Å². The quantitative estimate of drug-likeness (QED) is 0.701. The number of hydrogen-bond acceptors (Lipinski definition) is 3. The molecule has 83 valence electrons. The maximum absolute atomic E-state index is 5.40. The van der Waals surface area contributed by atoms with E-state index in [4.69, 9.17) is 12.6 Å². The highest BCUT2D eigenvalue weighted by molar-refractivity contribution is 8.00. The summed E-state index contributed by atoms with van der Waals surface area (Å²) < 4.78 is 0. The summed E-state index contributed by atoms with van der Waals surface area (Å²) >= 11 is 10.8. The lowest BCUT2D eigenvalue weighted by molar-refractivity contribution is 0.989. The minimum atomic E-state index is 0.186. The first kappa shape index (κ1) is 13.7. The molecule has 0 aliphatic rings. The van der Waals surface area contributed by atoms with Crippen molar-refractivity contribution in [2.45, 2.75) is 26.9 Å². The van der Waals surface area contributed by atoms with Gasteiger partial charge in [0.2, 0.25) is 0 Å². The molecular weight excluding hydrogens is 260 g/mol. The monoisotopic (exact) mass is 275 g/mol. The molecule has 1 aromatic rings. The maximum atomic E-state index is 5.40. The molecule has 1 unspecified atom stereocenters. The molecule has 0 saturated heterocycles. The summed E-state index contributed by atoms with van der Waals surface area (Å²) in [6.07, 6.45) is 6.34. The predicted molar refractivity (Wildman–Crippen MR) is 77.8 cm³/mol. The van der Waals surface area contributed by atoms with Crippen LogP contribution in [0, 0.1) is 0 Å². The summed E-state index contributed by atoms with van der Waals surface area (Å²) in [7, 11) is 0. The standard InChI is InChI=1S/C11H15S4/c1-7(12)11-9(14-3)5-8(13-2)6-10(11)15-4/h5-7H,1-4H3. The van der Waals surface area contributed by atoms with Gasteiger partial charge in [-0.3, -0.25) is 0 Å². The van der Waals surface area contributed by atoms with Gasteiger partial charge in [0, 0.05) is 19.9 Å². The average molecular weight is 276 g/mol. The van der Waals surface area contributed by atoms with Crippen molar-refractivity contribution in [2.24, 2.45) is 0 Å². The highest BCUT2D eigenvalue weighted by atomic mass is 32.2. The van der Waals surface area contributed by atoms with Gasteiger partial charge in [0.05, 0.1) is 0 Å². The van der Waals surface area contributed by atoms with Gasteiger partial charge in [-0.25, -0.2) is 0 Å². The zero-order chi connectivity index (χ0) is 11.4. The molecular formula is C11H15S4. The lowest BCUT2D eigenvalue weighted by Crippen LogP contribution is -1.93. The van der Waals surface area contributed by atoms with Gasteiger partial charge in [-0.15, -0.1) is 35.3 Å². The lowest BCUT2D eigenvalue weighted by Gasteiger charge is -2.15. The zero-order valence-electron chi connectivity index (χ0n) is 9.37. The smallest absolute Gasteiger partial charge is 0.0395 e. The molecule has 0 N–H and O–H groups in total. The Hall–Kier alpha value is 0.620. The third-order valence-electron chi connectivity index (χ3n) is 2.16. The van der Waals surface area contributed by atoms with E-state index in [0.717, 1.165) is 0 Å². The van der Waals surface area contributed by atoms with Crippen LogP contribution in [0.3, 0.4) is 0 Å². The van der Waals surface area contributed by atoms with Crippen molar-refractivity contribution < 1.29 is 0 Å². The number of benzene rings is 1. The molecule has 15 heavy (non-hydrogen) atoms. The van der Waals surface area contributed by atoms with Crippen molar-refractivity contribution in [1.82, 2.24) is 0 Å². The molecule has 0 aliphatic heterocycles. The lowest BCUT2D eigenvalue weighted by atomic mass is 10.1. The molecule has 0 fully saturated rings. The van der Waals surface area contributed by atoms with Crippen LogP contribution in [0.5, 0.6) is 0 Å². The molecule has 0 bridgehead atoms. The van der Waals surface area contributed by atoms with Crippen LogP contribution in [0.2, 0.25) is 0 Å². The molecule has 0 heterocycles. The Bertz CT molecular complexity index is 308. The van der Waals surface area contributed by atoms with Crippen LogP contribution in [0.4, 0.5) is 0 Å². The highest BCUT2D eigenvalue weighted by Gasteiger charge is 2.13. The first-order valence-electron chi connectivity index (χ1n) is 4.59. The fraction of sp³-hybridized carbons (Fsp3) is 0.455. The van der Waals surface area contributed by atoms with Gasteiger partial charge in [0.25, 0.3) is 0 Å². The highest BCUT2D eigenvalue weighted by Crippen LogP contribution is 2.39. The van der Waals surface area contributed by atoms with Gasteiger partial charge < -0.3 is 0 Å². The molecule has 0 spiro atoms. The van der Waals surface area contributed by atoms with E-state index >= 15 is 0 Å². The van der Waals surface area contributed by atoms with Gasteiger partial charge in [0.15, 0.2) is 0 Å². The van der Waals surface area contributed by atoms with E-state index in [9.17, 15) is 0 Å². The first-order chi connectivity index (χ1) is 7.13. The summed E-state index contributed by atoms with van der Waals surface area (Å²) in [6, 6.07) is 4.49. The Morgan fingerprint density at radius 1 is 1.00 bits per heavy atom. The Labute approximate surface area is 111 Å². The van der Waals surface area contributed by atoms with Crippen molar-refractivity contribution in [3.63, 3.8) is 0 Å². The van der Waals surface area contributed by atoms with Crippen LogP contribution in [-0.2, 0) is 0 Å². The summed E-state index contributed by atoms with van der Waals surface area (Å²) in [5.74, 6) is 0. The second-order valence-corrected chi connectivity index (χ2v) is 6.37. The van der Waals surface area contributed by atoms with E-state index < -0.39 is 0 Å². The number of thioether (sulfide) groups is 3. The van der Waals surface area contributed by atoms with Gasteiger partial charge in [0.1, 0.15) is 0 Å². The van der Waals surface area contributed by atoms with Gasteiger partial charge >= 0.3 is 0 Å². The third-order valence-corrected chi connectivity index (χ3v) is 4.66. The van der Waals surface area contributed by atoms with E-state index in [0.29, 0.717) is 0 Å². The molecule has 4 heteroatoms. The minimum absolute atomic E-state index is 0.186. The molecule has 0 amide bonds. The SMILES string of the molecule is CSc1cc(SC)c(C(C)[S])c(SC)c1. The van der Waals surface area contributed by atoms with Crippen LogP contribution >= 0.6 is 47.9 Å². The average Bonchev–Trinajstić information content (AvgIpc) is 2.26. The van der Waals surface area contributed by atoms with Crippen LogP contribution in [-0.4, -0.2) is 18.8 Å². The van der Waals surface area contributed by atoms with Crippen molar-refractivity contribution in [3.05, 3.63) is 17.7 Å². The maximum Gasteiger partial charge on any atom is 0.0395 e. The van der Waals surface area contributed by atoms with Gasteiger partial charge in [-0.05, 0) is 43.4 Å². The predicted octanol–water partition coefficient (Wildman–Crippen LogP) is 5.11. The third kappa shape index (κ3) is 3.29. The Balaban J connectivity index is 3.32. The topological polar surface area (TPSA) is 0 Å². The molecule has 1 atom stereocenters. The molecule has 0 aliphatic carbocycles. The summed E-state index contributed by atoms with van der Waals surface area (Å²) in [5.41, 5.74) is 1.32. The van der Waals surface area contributed by atoms with Crippen molar-refractivity contribution in [2.75, 3.05) is 18.8 Å². The molecule has 0 saturated carbocycles. The normalized spacial score (nSPS) is 12.9. The Morgan fingerprint density at radius 3 is 1.73 bits per heavy atom. The fourth-order valence-corrected chi connectivity index (χ4v) is 4.02. The summed E-state index contributed by atoms with van der Waals surface area (Å²) in [6.45, 7) is 2.09. The van der Waals surface area contributed by atoms with E-state index in [-0.39, 0.29) is 5.25 Å². The largest absolute Gasteiger partial charge is 0.130 e. The summed E-state index contributed by atoms with van der Waals surface area (Å²) in [5, 5.41) is 0.186. The number of rotatable bonds is 4. The van der Waals surface area contributed by atoms with Gasteiger partial charge in [-0.1, -0.05) is 12.6 Å². The minimum Gasteiger partial charge on any atom is -0.130 e. The zero-order valence-corrected chi connectivity index (χ0v) is 12.6. The number of hydrogen-bond donors (Lipinski definition) is 0. The second-order valence-electron chi connectivity index (χ2n) is 3.09. The van der Waals surface area contributed by atoms with E-state index in [1.54, 1.807) is 35.3 Å². The van der Waals surface area contributed by atoms with E-state index in [1.165, 1.54) is 20.2 Å². The summed E-state index contributed by atoms with van der Waals surface area (Å²) in [4.78, 5) is 3.98. The van der Waals surface area contributed by atoms with Crippen LogP contribution in [0.15, 0.2) is 26.8 Å². The molecule has 1 radical (unpaired) electrons. The molecule has 1 aromatic carbocycles. The van der Waals surface area contributed by atoms with E-state index in [1.807, 2.05) is 0 Å². The molecule has 0 aromatic heterocycles. The van der Waals surface area contributed by atoms with Crippen LogP contribution < -0.4 is 0 Å². The Kier molecular flexibility index (Phi) is 5.82. The van der Waals surface area contributed by atoms with Crippen molar-refractivity contribution in [3.8, 4) is 0 Å². The molecule has 1 rings (SSSR count). The van der Waals surface area contributed by atoms with Crippen LogP contribution in [0.1, 0.15) is 17.7 Å². The van der Waals surface area contributed by atoms with Crippen molar-refractivity contribution in [1.29, 1.82) is 0 Å². The fourth-order valence-electron chi connectivity index (χ4n) is 1.43. The van der Waals surface area contributed by atoms with Gasteiger partial charge in [-0.2, -0.15) is 0 Å². The first-order valence-corrected chi connectivity index (χ1v) is 8.74. The van der Waals surface area contributed by atoms with E-state index in [2.05, 4.69) is 37.8 Å².